The molecule has 2 fully saturated rings. The summed E-state index contributed by atoms with van der Waals surface area (Å²) in [5.74, 6) is -2.97. The Balaban J connectivity index is 1.86. The molecule has 0 aromatic heterocycles. The Morgan fingerprint density at radius 3 is 2.53 bits per heavy atom. The van der Waals surface area contributed by atoms with Gasteiger partial charge < -0.3 is 10.1 Å². The second-order valence-corrected chi connectivity index (χ2v) is 4.65. The van der Waals surface area contributed by atoms with E-state index in [9.17, 15) is 8.78 Å². The molecule has 2 aliphatic rings. The number of halogens is 2. The van der Waals surface area contributed by atoms with Crippen molar-refractivity contribution in [1.82, 2.24) is 5.32 Å². The van der Waals surface area contributed by atoms with Gasteiger partial charge in [0.1, 0.15) is 0 Å². The lowest BCUT2D eigenvalue weighted by atomic mass is 9.88. The van der Waals surface area contributed by atoms with E-state index in [-0.39, 0.29) is 12.5 Å². The van der Waals surface area contributed by atoms with E-state index in [4.69, 9.17) is 4.74 Å². The Morgan fingerprint density at radius 1 is 1.20 bits per heavy atom. The molecule has 2 nitrogen and oxygen atoms in total. The van der Waals surface area contributed by atoms with E-state index >= 15 is 0 Å². The largest absolute Gasteiger partial charge is 0.381 e. The van der Waals surface area contributed by atoms with Crippen molar-refractivity contribution in [3.8, 4) is 0 Å². The van der Waals surface area contributed by atoms with Gasteiger partial charge in [-0.3, -0.25) is 0 Å². The molecule has 15 heavy (non-hydrogen) atoms. The van der Waals surface area contributed by atoms with Crippen LogP contribution in [0.3, 0.4) is 0 Å². The van der Waals surface area contributed by atoms with Gasteiger partial charge in [0.15, 0.2) is 0 Å². The van der Waals surface area contributed by atoms with Crippen molar-refractivity contribution in [1.29, 1.82) is 0 Å². The highest BCUT2D eigenvalue weighted by Crippen LogP contribution is 2.37. The van der Waals surface area contributed by atoms with Crippen molar-refractivity contribution in [2.45, 2.75) is 44.1 Å². The van der Waals surface area contributed by atoms with E-state index in [0.29, 0.717) is 26.1 Å². The minimum atomic E-state index is -2.51. The molecular formula is C11H19F2NO. The first-order valence-corrected chi connectivity index (χ1v) is 5.87. The standard InChI is InChI=1S/C11H19F2NO/c12-11(13,8-10-2-1-5-14-10)9-3-6-15-7-4-9/h9-10,14H,1-8H2. The Kier molecular flexibility index (Phi) is 3.57. The van der Waals surface area contributed by atoms with Gasteiger partial charge in [0.2, 0.25) is 0 Å². The van der Waals surface area contributed by atoms with Gasteiger partial charge in [-0.05, 0) is 32.2 Å². The lowest BCUT2D eigenvalue weighted by Crippen LogP contribution is -2.38. The number of hydrogen-bond donors (Lipinski definition) is 1. The molecule has 0 saturated carbocycles. The highest BCUT2D eigenvalue weighted by Gasteiger charge is 2.42. The minimum absolute atomic E-state index is 0.0116. The van der Waals surface area contributed by atoms with E-state index in [1.54, 1.807) is 0 Å². The van der Waals surface area contributed by atoms with Gasteiger partial charge in [-0.1, -0.05) is 0 Å². The van der Waals surface area contributed by atoms with Crippen LogP contribution in [0.5, 0.6) is 0 Å². The third-order valence-electron chi connectivity index (χ3n) is 3.50. The van der Waals surface area contributed by atoms with Crippen LogP contribution >= 0.6 is 0 Å². The summed E-state index contributed by atoms with van der Waals surface area (Å²) in [4.78, 5) is 0. The predicted molar refractivity (Wildman–Crippen MR) is 54.1 cm³/mol. The molecule has 2 aliphatic heterocycles. The van der Waals surface area contributed by atoms with Crippen LogP contribution in [0.15, 0.2) is 0 Å². The molecule has 2 saturated heterocycles. The van der Waals surface area contributed by atoms with Gasteiger partial charge in [-0.2, -0.15) is 0 Å². The Hall–Kier alpha value is -0.220. The third-order valence-corrected chi connectivity index (χ3v) is 3.50. The van der Waals surface area contributed by atoms with Crippen LogP contribution in [-0.2, 0) is 4.74 Å². The molecule has 0 amide bonds. The lowest BCUT2D eigenvalue weighted by molar-refractivity contribution is -0.105. The van der Waals surface area contributed by atoms with Crippen molar-refractivity contribution in [3.05, 3.63) is 0 Å². The molecule has 4 heteroatoms. The Morgan fingerprint density at radius 2 is 1.93 bits per heavy atom. The van der Waals surface area contributed by atoms with E-state index in [2.05, 4.69) is 5.32 Å². The zero-order valence-corrected chi connectivity index (χ0v) is 8.98. The van der Waals surface area contributed by atoms with E-state index in [1.807, 2.05) is 0 Å². The summed E-state index contributed by atoms with van der Waals surface area (Å²) >= 11 is 0. The van der Waals surface area contributed by atoms with Crippen molar-refractivity contribution < 1.29 is 13.5 Å². The molecule has 2 rings (SSSR count). The molecule has 0 bridgehead atoms. The second kappa shape index (κ2) is 4.74. The molecule has 1 N–H and O–H groups in total. The molecule has 1 atom stereocenters. The highest BCUT2D eigenvalue weighted by atomic mass is 19.3. The van der Waals surface area contributed by atoms with Crippen LogP contribution in [0.1, 0.15) is 32.1 Å². The van der Waals surface area contributed by atoms with Crippen LogP contribution in [0.25, 0.3) is 0 Å². The van der Waals surface area contributed by atoms with Crippen molar-refractivity contribution in [2.75, 3.05) is 19.8 Å². The zero-order chi connectivity index (χ0) is 10.7. The molecule has 0 radical (unpaired) electrons. The zero-order valence-electron chi connectivity index (χ0n) is 8.98. The van der Waals surface area contributed by atoms with Gasteiger partial charge in [0.25, 0.3) is 5.92 Å². The summed E-state index contributed by atoms with van der Waals surface area (Å²) in [7, 11) is 0. The minimum Gasteiger partial charge on any atom is -0.381 e. The molecule has 2 heterocycles. The van der Waals surface area contributed by atoms with E-state index < -0.39 is 11.8 Å². The Bertz CT molecular complexity index is 199. The highest BCUT2D eigenvalue weighted by molar-refractivity contribution is 4.86. The smallest absolute Gasteiger partial charge is 0.252 e. The summed E-state index contributed by atoms with van der Waals surface area (Å²) in [5.41, 5.74) is 0. The number of rotatable bonds is 3. The first-order valence-electron chi connectivity index (χ1n) is 5.87. The number of nitrogens with one attached hydrogen (secondary N) is 1. The van der Waals surface area contributed by atoms with E-state index in [0.717, 1.165) is 19.4 Å². The topological polar surface area (TPSA) is 21.3 Å². The van der Waals surface area contributed by atoms with Crippen molar-refractivity contribution in [2.24, 2.45) is 5.92 Å². The molecule has 88 valence electrons. The van der Waals surface area contributed by atoms with Gasteiger partial charge in [0, 0.05) is 31.6 Å². The van der Waals surface area contributed by atoms with E-state index in [1.165, 1.54) is 0 Å². The summed E-state index contributed by atoms with van der Waals surface area (Å²) < 4.78 is 32.8. The van der Waals surface area contributed by atoms with Crippen LogP contribution in [-0.4, -0.2) is 31.7 Å². The average Bonchev–Trinajstić information content (AvgIpc) is 2.71. The van der Waals surface area contributed by atoms with Gasteiger partial charge in [0.05, 0.1) is 0 Å². The first-order chi connectivity index (χ1) is 7.18. The van der Waals surface area contributed by atoms with Gasteiger partial charge in [-0.15, -0.1) is 0 Å². The lowest BCUT2D eigenvalue weighted by Gasteiger charge is -2.31. The number of hydrogen-bond acceptors (Lipinski definition) is 2. The molecule has 1 unspecified atom stereocenters. The summed E-state index contributed by atoms with van der Waals surface area (Å²) in [5, 5.41) is 3.14. The normalized spacial score (nSPS) is 29.6. The molecular weight excluding hydrogens is 200 g/mol. The first kappa shape index (κ1) is 11.3. The van der Waals surface area contributed by atoms with Gasteiger partial charge in [-0.25, -0.2) is 8.78 Å². The number of alkyl halides is 2. The molecule has 0 aromatic carbocycles. The molecule has 0 aliphatic carbocycles. The van der Waals surface area contributed by atoms with Crippen molar-refractivity contribution in [3.63, 3.8) is 0 Å². The maximum atomic E-state index is 13.9. The maximum Gasteiger partial charge on any atom is 0.252 e. The van der Waals surface area contributed by atoms with Crippen LogP contribution in [0.2, 0.25) is 0 Å². The maximum absolute atomic E-state index is 13.9. The summed E-state index contributed by atoms with van der Waals surface area (Å²) in [6.07, 6.45) is 2.98. The quantitative estimate of drug-likeness (QED) is 0.785. The van der Waals surface area contributed by atoms with Crippen LogP contribution in [0.4, 0.5) is 8.78 Å². The van der Waals surface area contributed by atoms with Gasteiger partial charge >= 0.3 is 0 Å². The number of ether oxygens (including phenoxy) is 1. The van der Waals surface area contributed by atoms with Crippen molar-refractivity contribution >= 4 is 0 Å². The molecule has 0 spiro atoms. The average molecular weight is 219 g/mol. The fraction of sp³-hybridized carbons (Fsp3) is 1.00. The third kappa shape index (κ3) is 2.88. The summed E-state index contributed by atoms with van der Waals surface area (Å²) in [6, 6.07) is 0.0304. The van der Waals surface area contributed by atoms with Crippen LogP contribution in [0, 0.1) is 5.92 Å². The summed E-state index contributed by atoms with van der Waals surface area (Å²) in [6.45, 7) is 1.89. The Labute approximate surface area is 89.4 Å². The fourth-order valence-corrected chi connectivity index (χ4v) is 2.55. The second-order valence-electron chi connectivity index (χ2n) is 4.65. The SMILES string of the molecule is FC(F)(CC1CCCN1)C1CCOCC1. The fourth-order valence-electron chi connectivity index (χ4n) is 2.55. The van der Waals surface area contributed by atoms with Crippen LogP contribution < -0.4 is 5.32 Å². The molecule has 0 aromatic rings. The predicted octanol–water partition coefficient (Wildman–Crippen LogP) is 2.19. The monoisotopic (exact) mass is 219 g/mol.